The molecule has 0 aliphatic carbocycles. The van der Waals surface area contributed by atoms with Crippen LogP contribution >= 0.6 is 15.9 Å². The lowest BCUT2D eigenvalue weighted by Gasteiger charge is -2.07. The number of nitrogens with one attached hydrogen (secondary N) is 1. The van der Waals surface area contributed by atoms with E-state index in [0.29, 0.717) is 4.47 Å². The number of amides is 1. The van der Waals surface area contributed by atoms with Crippen LogP contribution in [0.5, 0.6) is 0 Å². The molecule has 0 aliphatic rings. The topological polar surface area (TPSA) is 42.0 Å². The second-order valence-corrected chi connectivity index (χ2v) is 3.61. The zero-order chi connectivity index (χ0) is 11.5. The van der Waals surface area contributed by atoms with Gasteiger partial charge in [-0.15, -0.1) is 0 Å². The highest BCUT2D eigenvalue weighted by Gasteiger charge is 2.27. The van der Waals surface area contributed by atoms with Gasteiger partial charge in [-0.2, -0.15) is 13.2 Å². The van der Waals surface area contributed by atoms with Crippen molar-refractivity contribution in [3.8, 4) is 0 Å². The molecule has 1 amide bonds. The van der Waals surface area contributed by atoms with Crippen molar-refractivity contribution in [3.63, 3.8) is 0 Å². The average Bonchev–Trinajstić information content (AvgIpc) is 2.13. The number of nitrogens with zero attached hydrogens (tertiary/aromatic N) is 1. The van der Waals surface area contributed by atoms with Crippen LogP contribution in [-0.2, 0) is 0 Å². The van der Waals surface area contributed by atoms with E-state index in [1.807, 2.05) is 0 Å². The quantitative estimate of drug-likeness (QED) is 0.903. The first-order valence-electron chi connectivity index (χ1n) is 3.84. The Bertz CT molecular complexity index is 367. The molecule has 0 aliphatic heterocycles. The number of carbonyl (C=O) groups excluding carboxylic acids is 1. The van der Waals surface area contributed by atoms with Crippen LogP contribution in [0.3, 0.4) is 0 Å². The van der Waals surface area contributed by atoms with Crippen LogP contribution in [0.25, 0.3) is 0 Å². The average molecular weight is 283 g/mol. The summed E-state index contributed by atoms with van der Waals surface area (Å²) in [5.41, 5.74) is 0.0774. The van der Waals surface area contributed by atoms with Crippen LogP contribution in [0.1, 0.15) is 10.4 Å². The molecule has 1 N–H and O–H groups in total. The maximum atomic E-state index is 11.8. The van der Waals surface area contributed by atoms with Crippen LogP contribution in [0.4, 0.5) is 13.2 Å². The fourth-order valence-corrected chi connectivity index (χ4v) is 1.18. The fraction of sp³-hybridized carbons (Fsp3) is 0.250. The molecule has 0 radical (unpaired) electrons. The molecular formula is C8H6BrF3N2O. The second-order valence-electron chi connectivity index (χ2n) is 2.69. The van der Waals surface area contributed by atoms with Gasteiger partial charge in [0, 0.05) is 16.9 Å². The normalized spacial score (nSPS) is 11.2. The summed E-state index contributed by atoms with van der Waals surface area (Å²) in [5, 5.41) is 1.74. The molecule has 0 fully saturated rings. The highest BCUT2D eigenvalue weighted by molar-refractivity contribution is 9.10. The first kappa shape index (κ1) is 12.0. The molecule has 1 rings (SSSR count). The number of alkyl halides is 3. The molecule has 1 aromatic rings. The molecule has 1 heterocycles. The summed E-state index contributed by atoms with van der Waals surface area (Å²) >= 11 is 3.06. The molecule has 1 aromatic heterocycles. The third kappa shape index (κ3) is 4.28. The molecule has 82 valence electrons. The lowest BCUT2D eigenvalue weighted by molar-refractivity contribution is -0.123. The van der Waals surface area contributed by atoms with Crippen LogP contribution in [0, 0.1) is 0 Å². The molecule has 0 saturated heterocycles. The Labute approximate surface area is 91.8 Å². The smallest absolute Gasteiger partial charge is 0.343 e. The zero-order valence-corrected chi connectivity index (χ0v) is 8.89. The van der Waals surface area contributed by atoms with Crippen molar-refractivity contribution in [2.75, 3.05) is 6.54 Å². The monoisotopic (exact) mass is 282 g/mol. The van der Waals surface area contributed by atoms with Crippen molar-refractivity contribution in [1.29, 1.82) is 0 Å². The minimum Gasteiger partial charge on any atom is -0.343 e. The van der Waals surface area contributed by atoms with Gasteiger partial charge in [-0.1, -0.05) is 0 Å². The molecule has 0 bridgehead atoms. The van der Waals surface area contributed by atoms with E-state index in [4.69, 9.17) is 0 Å². The molecule has 0 aromatic carbocycles. The first-order chi connectivity index (χ1) is 6.88. The molecule has 0 saturated carbocycles. The third-order valence-corrected chi connectivity index (χ3v) is 1.85. The predicted octanol–water partition coefficient (Wildman–Crippen LogP) is 2.14. The van der Waals surface area contributed by atoms with E-state index in [2.05, 4.69) is 20.9 Å². The minimum atomic E-state index is -4.41. The summed E-state index contributed by atoms with van der Waals surface area (Å²) in [6.45, 7) is -1.35. The highest BCUT2D eigenvalue weighted by atomic mass is 79.9. The van der Waals surface area contributed by atoms with Gasteiger partial charge < -0.3 is 5.32 Å². The van der Waals surface area contributed by atoms with Gasteiger partial charge in [-0.25, -0.2) is 0 Å². The first-order valence-corrected chi connectivity index (χ1v) is 4.63. The predicted molar refractivity (Wildman–Crippen MR) is 50.3 cm³/mol. The molecule has 3 nitrogen and oxygen atoms in total. The zero-order valence-electron chi connectivity index (χ0n) is 7.31. The van der Waals surface area contributed by atoms with Gasteiger partial charge in [-0.05, 0) is 22.0 Å². The number of aromatic nitrogens is 1. The molecule has 0 atom stereocenters. The van der Waals surface area contributed by atoms with E-state index in [0.717, 1.165) is 0 Å². The number of halogens is 4. The summed E-state index contributed by atoms with van der Waals surface area (Å²) in [4.78, 5) is 14.8. The van der Waals surface area contributed by atoms with E-state index >= 15 is 0 Å². The SMILES string of the molecule is O=C(NCC(F)(F)F)c1cncc(Br)c1. The largest absolute Gasteiger partial charge is 0.405 e. The Morgan fingerprint density at radius 2 is 2.13 bits per heavy atom. The van der Waals surface area contributed by atoms with E-state index < -0.39 is 18.6 Å². The van der Waals surface area contributed by atoms with E-state index in [-0.39, 0.29) is 5.56 Å². The standard InChI is InChI=1S/C8H6BrF3N2O/c9-6-1-5(2-13-3-6)7(15)14-4-8(10,11)12/h1-3H,4H2,(H,14,15). The fourth-order valence-electron chi connectivity index (χ4n) is 0.819. The Morgan fingerprint density at radius 1 is 1.47 bits per heavy atom. The van der Waals surface area contributed by atoms with Crippen molar-refractivity contribution in [1.82, 2.24) is 10.3 Å². The summed E-state index contributed by atoms with van der Waals surface area (Å²) in [6.07, 6.45) is -1.79. The van der Waals surface area contributed by atoms with Crippen LogP contribution in [0.15, 0.2) is 22.9 Å². The van der Waals surface area contributed by atoms with Gasteiger partial charge in [0.2, 0.25) is 0 Å². The van der Waals surface area contributed by atoms with Crippen LogP contribution < -0.4 is 5.32 Å². The number of hydrogen-bond donors (Lipinski definition) is 1. The maximum Gasteiger partial charge on any atom is 0.405 e. The van der Waals surface area contributed by atoms with Gasteiger partial charge in [0.05, 0.1) is 5.56 Å². The number of hydrogen-bond acceptors (Lipinski definition) is 2. The van der Waals surface area contributed by atoms with Gasteiger partial charge >= 0.3 is 6.18 Å². The number of pyridine rings is 1. The van der Waals surface area contributed by atoms with Crippen molar-refractivity contribution in [3.05, 3.63) is 28.5 Å². The molecule has 0 spiro atoms. The highest BCUT2D eigenvalue weighted by Crippen LogP contribution is 2.13. The summed E-state index contributed by atoms with van der Waals surface area (Å²) in [5.74, 6) is -0.805. The lowest BCUT2D eigenvalue weighted by atomic mass is 10.3. The maximum absolute atomic E-state index is 11.8. The van der Waals surface area contributed by atoms with E-state index in [1.54, 1.807) is 5.32 Å². The lowest BCUT2D eigenvalue weighted by Crippen LogP contribution is -2.33. The second kappa shape index (κ2) is 4.61. The molecule has 7 heteroatoms. The summed E-state index contributed by atoms with van der Waals surface area (Å²) in [7, 11) is 0. The Hall–Kier alpha value is -1.11. The van der Waals surface area contributed by atoms with Crippen molar-refractivity contribution < 1.29 is 18.0 Å². The van der Waals surface area contributed by atoms with Crippen molar-refractivity contribution in [2.45, 2.75) is 6.18 Å². The van der Waals surface area contributed by atoms with Gasteiger partial charge in [0.25, 0.3) is 5.91 Å². The Balaban J connectivity index is 2.62. The van der Waals surface area contributed by atoms with Crippen LogP contribution in [-0.4, -0.2) is 23.6 Å². The van der Waals surface area contributed by atoms with E-state index in [9.17, 15) is 18.0 Å². The number of rotatable bonds is 2. The van der Waals surface area contributed by atoms with Gasteiger partial charge in [0.1, 0.15) is 6.54 Å². The molecule has 0 unspecified atom stereocenters. The molecule has 15 heavy (non-hydrogen) atoms. The van der Waals surface area contributed by atoms with E-state index in [1.165, 1.54) is 18.5 Å². The van der Waals surface area contributed by atoms with Gasteiger partial charge in [0.15, 0.2) is 0 Å². The Kier molecular flexibility index (Phi) is 3.67. The van der Waals surface area contributed by atoms with Crippen LogP contribution in [0.2, 0.25) is 0 Å². The molecular weight excluding hydrogens is 277 g/mol. The third-order valence-electron chi connectivity index (χ3n) is 1.42. The number of carbonyl (C=O) groups is 1. The van der Waals surface area contributed by atoms with Gasteiger partial charge in [-0.3, -0.25) is 9.78 Å². The summed E-state index contributed by atoms with van der Waals surface area (Å²) in [6, 6.07) is 1.39. The van der Waals surface area contributed by atoms with Crippen molar-refractivity contribution in [2.24, 2.45) is 0 Å². The van der Waals surface area contributed by atoms with Crippen molar-refractivity contribution >= 4 is 21.8 Å². The summed E-state index contributed by atoms with van der Waals surface area (Å²) < 4.78 is 35.8. The Morgan fingerprint density at radius 3 is 2.67 bits per heavy atom. The minimum absolute atomic E-state index is 0.0774.